The van der Waals surface area contributed by atoms with Gasteiger partial charge in [-0.3, -0.25) is 0 Å². The Morgan fingerprint density at radius 1 is 1.00 bits per heavy atom. The van der Waals surface area contributed by atoms with Gasteiger partial charge in [0.2, 0.25) is 0 Å². The molecular weight excluding hydrogens is 316 g/mol. The third-order valence-electron chi connectivity index (χ3n) is 2.38. The van der Waals surface area contributed by atoms with Crippen LogP contribution in [0.3, 0.4) is 0 Å². The molecule has 2 aromatic rings. The van der Waals surface area contributed by atoms with E-state index < -0.39 is 11.6 Å². The van der Waals surface area contributed by atoms with E-state index in [1.54, 1.807) is 19.2 Å². The minimum absolute atomic E-state index is 0.313. The van der Waals surface area contributed by atoms with Crippen LogP contribution in [0.4, 0.5) is 8.78 Å². The Bertz CT molecular complexity index is 569. The van der Waals surface area contributed by atoms with Crippen LogP contribution in [0.5, 0.6) is 11.5 Å². The molecule has 0 saturated carbocycles. The zero-order chi connectivity index (χ0) is 13.8. The molecule has 2 nitrogen and oxygen atoms in total. The van der Waals surface area contributed by atoms with Gasteiger partial charge in [-0.1, -0.05) is 15.9 Å². The molecule has 0 bridgehead atoms. The summed E-state index contributed by atoms with van der Waals surface area (Å²) >= 11 is 3.18. The summed E-state index contributed by atoms with van der Waals surface area (Å²) in [5.41, 5.74) is 0.757. The molecule has 5 heteroatoms. The average molecular weight is 328 g/mol. The molecule has 0 radical (unpaired) electrons. The molecular formula is C14H12BrF2NO. The second kappa shape index (κ2) is 6.12. The van der Waals surface area contributed by atoms with Crippen molar-refractivity contribution in [1.82, 2.24) is 5.32 Å². The highest BCUT2D eigenvalue weighted by molar-refractivity contribution is 9.10. The fourth-order valence-corrected chi connectivity index (χ4v) is 2.15. The molecule has 0 unspecified atom stereocenters. The molecule has 0 fully saturated rings. The first-order chi connectivity index (χ1) is 9.06. The van der Waals surface area contributed by atoms with Crippen molar-refractivity contribution in [3.8, 4) is 11.5 Å². The summed E-state index contributed by atoms with van der Waals surface area (Å²) in [5.74, 6) is -0.162. The Labute approximate surface area is 118 Å². The molecule has 0 atom stereocenters. The van der Waals surface area contributed by atoms with Crippen molar-refractivity contribution >= 4 is 15.9 Å². The number of hydrogen-bond acceptors (Lipinski definition) is 2. The highest BCUT2D eigenvalue weighted by Gasteiger charge is 2.05. The molecule has 19 heavy (non-hydrogen) atoms. The number of halogens is 3. The van der Waals surface area contributed by atoms with Gasteiger partial charge in [0.05, 0.1) is 0 Å². The van der Waals surface area contributed by atoms with Crippen molar-refractivity contribution in [3.63, 3.8) is 0 Å². The van der Waals surface area contributed by atoms with Gasteiger partial charge in [0.1, 0.15) is 23.1 Å². The standard InChI is InChI=1S/C14H12BrF2NO/c1-18-8-9-2-11(16)6-13(3-9)19-14-5-10(15)4-12(17)7-14/h2-7,18H,8H2,1H3. The molecule has 100 valence electrons. The summed E-state index contributed by atoms with van der Waals surface area (Å²) < 4.78 is 32.7. The lowest BCUT2D eigenvalue weighted by Crippen LogP contribution is -2.05. The minimum atomic E-state index is -0.420. The first-order valence-corrected chi connectivity index (χ1v) is 6.44. The quantitative estimate of drug-likeness (QED) is 0.906. The van der Waals surface area contributed by atoms with Gasteiger partial charge in [-0.05, 0) is 36.9 Å². The van der Waals surface area contributed by atoms with Crippen LogP contribution < -0.4 is 10.1 Å². The maximum absolute atomic E-state index is 13.4. The van der Waals surface area contributed by atoms with E-state index in [1.807, 2.05) is 0 Å². The van der Waals surface area contributed by atoms with Crippen LogP contribution >= 0.6 is 15.9 Å². The lowest BCUT2D eigenvalue weighted by Gasteiger charge is -2.09. The molecule has 0 aliphatic rings. The van der Waals surface area contributed by atoms with Crippen molar-refractivity contribution in [2.24, 2.45) is 0 Å². The Balaban J connectivity index is 2.27. The molecule has 0 spiro atoms. The van der Waals surface area contributed by atoms with E-state index in [1.165, 1.54) is 24.3 Å². The summed E-state index contributed by atoms with van der Waals surface area (Å²) in [5, 5.41) is 2.93. The first kappa shape index (κ1) is 14.0. The van der Waals surface area contributed by atoms with Crippen LogP contribution in [0, 0.1) is 11.6 Å². The maximum atomic E-state index is 13.4. The highest BCUT2D eigenvalue weighted by Crippen LogP contribution is 2.27. The Morgan fingerprint density at radius 3 is 2.26 bits per heavy atom. The molecule has 0 amide bonds. The van der Waals surface area contributed by atoms with Crippen molar-refractivity contribution in [2.75, 3.05) is 7.05 Å². The van der Waals surface area contributed by atoms with E-state index >= 15 is 0 Å². The van der Waals surface area contributed by atoms with Gasteiger partial charge >= 0.3 is 0 Å². The third-order valence-corrected chi connectivity index (χ3v) is 2.84. The number of nitrogens with one attached hydrogen (secondary N) is 1. The third kappa shape index (κ3) is 4.01. The Morgan fingerprint density at radius 2 is 1.63 bits per heavy atom. The molecule has 2 aromatic carbocycles. The molecule has 1 N–H and O–H groups in total. The van der Waals surface area contributed by atoms with Crippen molar-refractivity contribution in [3.05, 3.63) is 58.1 Å². The topological polar surface area (TPSA) is 21.3 Å². The van der Waals surface area contributed by atoms with Crippen molar-refractivity contribution < 1.29 is 13.5 Å². The van der Waals surface area contributed by atoms with E-state index in [4.69, 9.17) is 4.74 Å². The number of rotatable bonds is 4. The number of ether oxygens (including phenoxy) is 1. The lowest BCUT2D eigenvalue weighted by atomic mass is 10.2. The zero-order valence-electron chi connectivity index (χ0n) is 10.2. The molecule has 0 aliphatic carbocycles. The van der Waals surface area contributed by atoms with Crippen molar-refractivity contribution in [2.45, 2.75) is 6.54 Å². The van der Waals surface area contributed by atoms with Gasteiger partial charge in [-0.25, -0.2) is 8.78 Å². The minimum Gasteiger partial charge on any atom is -0.457 e. The molecule has 2 rings (SSSR count). The van der Waals surface area contributed by atoms with Gasteiger partial charge in [0, 0.05) is 23.2 Å². The fraction of sp³-hybridized carbons (Fsp3) is 0.143. The van der Waals surface area contributed by atoms with Crippen LogP contribution in [0.1, 0.15) is 5.56 Å². The van der Waals surface area contributed by atoms with Gasteiger partial charge in [0.15, 0.2) is 0 Å². The van der Waals surface area contributed by atoms with Crippen LogP contribution in [0.25, 0.3) is 0 Å². The maximum Gasteiger partial charge on any atom is 0.131 e. The fourth-order valence-electron chi connectivity index (χ4n) is 1.71. The van der Waals surface area contributed by atoms with E-state index in [-0.39, 0.29) is 0 Å². The van der Waals surface area contributed by atoms with Gasteiger partial charge in [-0.2, -0.15) is 0 Å². The highest BCUT2D eigenvalue weighted by atomic mass is 79.9. The molecule has 0 saturated heterocycles. The molecule has 0 heterocycles. The summed E-state index contributed by atoms with van der Waals surface area (Å²) in [4.78, 5) is 0. The van der Waals surface area contributed by atoms with Crippen molar-refractivity contribution in [1.29, 1.82) is 0 Å². The van der Waals surface area contributed by atoms with Crippen LogP contribution in [0.15, 0.2) is 40.9 Å². The van der Waals surface area contributed by atoms with Gasteiger partial charge in [-0.15, -0.1) is 0 Å². The summed E-state index contributed by atoms with van der Waals surface area (Å²) in [6.07, 6.45) is 0. The summed E-state index contributed by atoms with van der Waals surface area (Å²) in [6.45, 7) is 0.529. The summed E-state index contributed by atoms with van der Waals surface area (Å²) in [7, 11) is 1.77. The largest absolute Gasteiger partial charge is 0.457 e. The Kier molecular flexibility index (Phi) is 4.50. The second-order valence-corrected chi connectivity index (χ2v) is 4.95. The van der Waals surface area contributed by atoms with Gasteiger partial charge < -0.3 is 10.1 Å². The van der Waals surface area contributed by atoms with Crippen LogP contribution in [0.2, 0.25) is 0 Å². The predicted octanol–water partition coefficient (Wildman–Crippen LogP) is 4.24. The monoisotopic (exact) mass is 327 g/mol. The Hall–Kier alpha value is -1.46. The van der Waals surface area contributed by atoms with E-state index in [9.17, 15) is 8.78 Å². The zero-order valence-corrected chi connectivity index (χ0v) is 11.8. The molecule has 0 aromatic heterocycles. The average Bonchev–Trinajstić information content (AvgIpc) is 2.26. The number of hydrogen-bond donors (Lipinski definition) is 1. The predicted molar refractivity (Wildman–Crippen MR) is 73.3 cm³/mol. The van der Waals surface area contributed by atoms with E-state index in [0.717, 1.165) is 5.56 Å². The van der Waals surface area contributed by atoms with Gasteiger partial charge in [0.25, 0.3) is 0 Å². The van der Waals surface area contributed by atoms with Crippen LogP contribution in [-0.2, 0) is 6.54 Å². The first-order valence-electron chi connectivity index (χ1n) is 5.65. The molecule has 0 aliphatic heterocycles. The SMILES string of the molecule is CNCc1cc(F)cc(Oc2cc(F)cc(Br)c2)c1. The number of benzene rings is 2. The second-order valence-electron chi connectivity index (χ2n) is 4.03. The lowest BCUT2D eigenvalue weighted by molar-refractivity contribution is 0.469. The summed E-state index contributed by atoms with van der Waals surface area (Å²) in [6, 6.07) is 8.57. The van der Waals surface area contributed by atoms with E-state index in [2.05, 4.69) is 21.2 Å². The smallest absolute Gasteiger partial charge is 0.131 e. The van der Waals surface area contributed by atoms with E-state index in [0.29, 0.717) is 22.5 Å². The van der Waals surface area contributed by atoms with Crippen LogP contribution in [-0.4, -0.2) is 7.05 Å². The normalized spacial score (nSPS) is 10.5.